The number of carbonyl (C=O) groups is 1. The van der Waals surface area contributed by atoms with Gasteiger partial charge in [0.25, 0.3) is 5.69 Å². The van der Waals surface area contributed by atoms with Crippen molar-refractivity contribution in [2.45, 2.75) is 18.3 Å². The molecule has 0 aliphatic rings. The van der Waals surface area contributed by atoms with Crippen LogP contribution in [0.1, 0.15) is 39.7 Å². The molecule has 0 fully saturated rings. The van der Waals surface area contributed by atoms with Crippen molar-refractivity contribution in [1.29, 1.82) is 5.26 Å². The van der Waals surface area contributed by atoms with E-state index >= 15 is 0 Å². The van der Waals surface area contributed by atoms with E-state index in [-0.39, 0.29) is 17.9 Å². The summed E-state index contributed by atoms with van der Waals surface area (Å²) in [6, 6.07) is 26.6. The first kappa shape index (κ1) is 19.0. The zero-order valence-corrected chi connectivity index (χ0v) is 15.1. The highest BCUT2D eigenvalue weighted by molar-refractivity contribution is 5.96. The van der Waals surface area contributed by atoms with E-state index in [0.29, 0.717) is 11.1 Å². The van der Waals surface area contributed by atoms with E-state index in [1.54, 1.807) is 36.4 Å². The van der Waals surface area contributed by atoms with Crippen molar-refractivity contribution in [3.05, 3.63) is 112 Å². The minimum atomic E-state index is -0.685. The van der Waals surface area contributed by atoms with Gasteiger partial charge in [0, 0.05) is 30.0 Å². The lowest BCUT2D eigenvalue weighted by Gasteiger charge is -2.22. The first-order valence-corrected chi connectivity index (χ1v) is 8.87. The molecule has 0 heterocycles. The molecule has 3 aromatic carbocycles. The third-order valence-corrected chi connectivity index (χ3v) is 4.71. The summed E-state index contributed by atoms with van der Waals surface area (Å²) in [6.07, 6.45) is 0.134. The molecule has 5 heteroatoms. The quantitative estimate of drug-likeness (QED) is 0.323. The Bertz CT molecular complexity index is 1010. The normalized spacial score (nSPS) is 12.5. The maximum Gasteiger partial charge on any atom is 0.269 e. The van der Waals surface area contributed by atoms with E-state index in [1.807, 2.05) is 36.4 Å². The minimum absolute atomic E-state index is 0.0693. The Morgan fingerprint density at radius 3 is 2.14 bits per heavy atom. The second-order valence-electron chi connectivity index (χ2n) is 6.47. The highest BCUT2D eigenvalue weighted by Crippen LogP contribution is 2.37. The van der Waals surface area contributed by atoms with Gasteiger partial charge in [-0.15, -0.1) is 0 Å². The Morgan fingerprint density at radius 1 is 0.929 bits per heavy atom. The molecule has 0 saturated carbocycles. The number of carbonyl (C=O) groups excluding carboxylic acids is 1. The maximum atomic E-state index is 12.8. The molecule has 0 amide bonds. The van der Waals surface area contributed by atoms with Gasteiger partial charge in [-0.2, -0.15) is 5.26 Å². The standard InChI is InChI=1S/C23H18N2O3/c24-16-22(19-12-7-13-20(14-19)25(27)28)21(17-8-3-1-4-9-17)15-23(26)18-10-5-2-6-11-18/h1-14,21-22H,15H2/t21-,22+/m0/s1. The van der Waals surface area contributed by atoms with E-state index < -0.39 is 16.8 Å². The summed E-state index contributed by atoms with van der Waals surface area (Å²) in [7, 11) is 0. The molecule has 2 atom stereocenters. The van der Waals surface area contributed by atoms with E-state index in [1.165, 1.54) is 12.1 Å². The Hall–Kier alpha value is -3.78. The van der Waals surface area contributed by atoms with Crippen LogP contribution in [0, 0.1) is 21.4 Å². The molecule has 3 rings (SSSR count). The topological polar surface area (TPSA) is 84.0 Å². The fourth-order valence-corrected chi connectivity index (χ4v) is 3.30. The summed E-state index contributed by atoms with van der Waals surface area (Å²) in [6.45, 7) is 0. The number of nitriles is 1. The summed E-state index contributed by atoms with van der Waals surface area (Å²) in [5.74, 6) is -1.17. The largest absolute Gasteiger partial charge is 0.294 e. The van der Waals surface area contributed by atoms with Crippen LogP contribution >= 0.6 is 0 Å². The summed E-state index contributed by atoms with van der Waals surface area (Å²) < 4.78 is 0. The number of nitro benzene ring substituents is 1. The van der Waals surface area contributed by atoms with Crippen LogP contribution in [0.25, 0.3) is 0 Å². The minimum Gasteiger partial charge on any atom is -0.294 e. The first-order chi connectivity index (χ1) is 13.6. The summed E-state index contributed by atoms with van der Waals surface area (Å²) in [4.78, 5) is 23.5. The van der Waals surface area contributed by atoms with Crippen molar-refractivity contribution >= 4 is 11.5 Å². The monoisotopic (exact) mass is 370 g/mol. The number of ketones is 1. The average Bonchev–Trinajstić information content (AvgIpc) is 2.75. The summed E-state index contributed by atoms with van der Waals surface area (Å²) in [5, 5.41) is 21.0. The molecule has 0 bridgehead atoms. The Kier molecular flexibility index (Phi) is 5.93. The fourth-order valence-electron chi connectivity index (χ4n) is 3.30. The van der Waals surface area contributed by atoms with Crippen LogP contribution in [0.3, 0.4) is 0 Å². The van der Waals surface area contributed by atoms with Crippen LogP contribution in [-0.4, -0.2) is 10.7 Å². The van der Waals surface area contributed by atoms with Crippen LogP contribution in [0.4, 0.5) is 5.69 Å². The third-order valence-electron chi connectivity index (χ3n) is 4.71. The Labute approximate surface area is 163 Å². The Morgan fingerprint density at radius 2 is 1.54 bits per heavy atom. The molecule has 138 valence electrons. The number of nitro groups is 1. The van der Waals surface area contributed by atoms with Crippen molar-refractivity contribution in [3.63, 3.8) is 0 Å². The second-order valence-corrected chi connectivity index (χ2v) is 6.47. The SMILES string of the molecule is N#C[C@H](c1cccc([N+](=O)[O-])c1)[C@@H](CC(=O)c1ccccc1)c1ccccc1. The molecular formula is C23H18N2O3. The van der Waals surface area contributed by atoms with E-state index in [2.05, 4.69) is 6.07 Å². The molecule has 5 nitrogen and oxygen atoms in total. The van der Waals surface area contributed by atoms with Crippen molar-refractivity contribution < 1.29 is 9.72 Å². The van der Waals surface area contributed by atoms with Gasteiger partial charge in [0.05, 0.1) is 16.9 Å². The predicted octanol–water partition coefficient (Wildman–Crippen LogP) is 5.26. The number of Topliss-reactive ketones (excluding diaryl/α,β-unsaturated/α-hetero) is 1. The molecule has 0 aromatic heterocycles. The summed E-state index contributed by atoms with van der Waals surface area (Å²) >= 11 is 0. The van der Waals surface area contributed by atoms with Gasteiger partial charge in [-0.25, -0.2) is 0 Å². The number of rotatable bonds is 7. The van der Waals surface area contributed by atoms with E-state index in [4.69, 9.17) is 0 Å². The predicted molar refractivity (Wildman–Crippen MR) is 106 cm³/mol. The van der Waals surface area contributed by atoms with Crippen LogP contribution < -0.4 is 0 Å². The van der Waals surface area contributed by atoms with Gasteiger partial charge >= 0.3 is 0 Å². The fraction of sp³-hybridized carbons (Fsp3) is 0.130. The third kappa shape index (κ3) is 4.30. The number of non-ortho nitro benzene ring substituents is 1. The van der Waals surface area contributed by atoms with E-state index in [0.717, 1.165) is 5.56 Å². The zero-order chi connectivity index (χ0) is 19.9. The lowest BCUT2D eigenvalue weighted by Crippen LogP contribution is -2.15. The molecule has 0 spiro atoms. The van der Waals surface area contributed by atoms with Gasteiger partial charge in [0.2, 0.25) is 0 Å². The smallest absolute Gasteiger partial charge is 0.269 e. The van der Waals surface area contributed by atoms with Gasteiger partial charge < -0.3 is 0 Å². The maximum absolute atomic E-state index is 12.8. The van der Waals surface area contributed by atoms with Crippen LogP contribution in [-0.2, 0) is 0 Å². The van der Waals surface area contributed by atoms with Gasteiger partial charge in [0.15, 0.2) is 5.78 Å². The summed E-state index contributed by atoms with van der Waals surface area (Å²) in [5.41, 5.74) is 1.90. The molecule has 0 radical (unpaired) electrons. The van der Waals surface area contributed by atoms with Gasteiger partial charge in [-0.05, 0) is 11.1 Å². The molecule has 3 aromatic rings. The number of hydrogen-bond donors (Lipinski definition) is 0. The van der Waals surface area contributed by atoms with Gasteiger partial charge in [0.1, 0.15) is 0 Å². The van der Waals surface area contributed by atoms with Gasteiger partial charge in [-0.3, -0.25) is 14.9 Å². The molecule has 28 heavy (non-hydrogen) atoms. The highest BCUT2D eigenvalue weighted by atomic mass is 16.6. The van der Waals surface area contributed by atoms with Crippen molar-refractivity contribution in [1.82, 2.24) is 0 Å². The van der Waals surface area contributed by atoms with Crippen molar-refractivity contribution in [2.75, 3.05) is 0 Å². The van der Waals surface area contributed by atoms with Crippen molar-refractivity contribution in [3.8, 4) is 6.07 Å². The Balaban J connectivity index is 2.00. The molecule has 0 unspecified atom stereocenters. The van der Waals surface area contributed by atoms with E-state index in [9.17, 15) is 20.2 Å². The molecule has 0 aliphatic carbocycles. The highest BCUT2D eigenvalue weighted by Gasteiger charge is 2.28. The lowest BCUT2D eigenvalue weighted by molar-refractivity contribution is -0.384. The van der Waals surface area contributed by atoms with Crippen molar-refractivity contribution in [2.24, 2.45) is 0 Å². The number of nitrogens with zero attached hydrogens (tertiary/aromatic N) is 2. The average molecular weight is 370 g/mol. The molecular weight excluding hydrogens is 352 g/mol. The number of benzene rings is 3. The van der Waals surface area contributed by atoms with Crippen LogP contribution in [0.2, 0.25) is 0 Å². The molecule has 0 saturated heterocycles. The zero-order valence-electron chi connectivity index (χ0n) is 15.1. The van der Waals surface area contributed by atoms with Crippen LogP contribution in [0.15, 0.2) is 84.9 Å². The molecule has 0 aliphatic heterocycles. The van der Waals surface area contributed by atoms with Crippen LogP contribution in [0.5, 0.6) is 0 Å². The van der Waals surface area contributed by atoms with Gasteiger partial charge in [-0.1, -0.05) is 72.8 Å². The second kappa shape index (κ2) is 8.74. The first-order valence-electron chi connectivity index (χ1n) is 8.87. The molecule has 0 N–H and O–H groups in total. The number of hydrogen-bond acceptors (Lipinski definition) is 4. The lowest BCUT2D eigenvalue weighted by atomic mass is 9.78.